The van der Waals surface area contributed by atoms with E-state index in [1.807, 2.05) is 17.8 Å². The van der Waals surface area contributed by atoms with E-state index in [-0.39, 0.29) is 0 Å². The highest BCUT2D eigenvalue weighted by Crippen LogP contribution is 2.25. The first kappa shape index (κ1) is 12.1. The van der Waals surface area contributed by atoms with Gasteiger partial charge in [0.15, 0.2) is 0 Å². The van der Waals surface area contributed by atoms with Gasteiger partial charge in [0.1, 0.15) is 0 Å². The molecule has 17 heavy (non-hydrogen) atoms. The number of nitrogen functional groups attached to an aromatic ring is 1. The summed E-state index contributed by atoms with van der Waals surface area (Å²) in [5.41, 5.74) is 8.15. The lowest BCUT2D eigenvalue weighted by atomic mass is 10.0. The fourth-order valence-corrected chi connectivity index (χ4v) is 3.19. The Bertz CT molecular complexity index is 419. The Labute approximate surface area is 106 Å². The summed E-state index contributed by atoms with van der Waals surface area (Å²) in [6.45, 7) is 0.958. The van der Waals surface area contributed by atoms with Crippen LogP contribution in [0.5, 0.6) is 0 Å². The van der Waals surface area contributed by atoms with Crippen molar-refractivity contribution in [3.63, 3.8) is 0 Å². The number of hydrogen-bond acceptors (Lipinski definition) is 4. The summed E-state index contributed by atoms with van der Waals surface area (Å²) >= 11 is 2.03. The molecular weight excluding hydrogens is 230 g/mol. The van der Waals surface area contributed by atoms with Crippen LogP contribution in [0.1, 0.15) is 18.4 Å². The van der Waals surface area contributed by atoms with Gasteiger partial charge in [-0.25, -0.2) is 0 Å². The molecule has 1 aromatic carbocycles. The molecule has 1 saturated heterocycles. The SMILES string of the molecule is N#Cc1ccc(N)c(NCC2CCSCC2)c1. The monoisotopic (exact) mass is 247 g/mol. The van der Waals surface area contributed by atoms with Crippen molar-refractivity contribution >= 4 is 23.1 Å². The fourth-order valence-electron chi connectivity index (χ4n) is 1.98. The maximum Gasteiger partial charge on any atom is 0.0992 e. The standard InChI is InChI=1S/C13H17N3S/c14-8-11-1-2-12(15)13(7-11)16-9-10-3-5-17-6-4-10/h1-2,7,10,16H,3-6,9,15H2. The number of hydrogen-bond donors (Lipinski definition) is 2. The molecule has 0 saturated carbocycles. The van der Waals surface area contributed by atoms with Crippen molar-refractivity contribution in [2.45, 2.75) is 12.8 Å². The van der Waals surface area contributed by atoms with Crippen LogP contribution in [-0.2, 0) is 0 Å². The zero-order valence-corrected chi connectivity index (χ0v) is 10.6. The van der Waals surface area contributed by atoms with Gasteiger partial charge in [-0.3, -0.25) is 0 Å². The van der Waals surface area contributed by atoms with Gasteiger partial charge in [0.2, 0.25) is 0 Å². The van der Waals surface area contributed by atoms with E-state index in [1.54, 1.807) is 12.1 Å². The van der Waals surface area contributed by atoms with Crippen LogP contribution in [0.15, 0.2) is 18.2 Å². The van der Waals surface area contributed by atoms with Gasteiger partial charge in [0, 0.05) is 6.54 Å². The quantitative estimate of drug-likeness (QED) is 0.806. The van der Waals surface area contributed by atoms with E-state index >= 15 is 0 Å². The Morgan fingerprint density at radius 2 is 2.18 bits per heavy atom. The molecule has 0 amide bonds. The summed E-state index contributed by atoms with van der Waals surface area (Å²) in [4.78, 5) is 0. The number of nitrogens with one attached hydrogen (secondary N) is 1. The first-order chi connectivity index (χ1) is 8.29. The molecule has 0 bridgehead atoms. The van der Waals surface area contributed by atoms with E-state index in [0.29, 0.717) is 11.3 Å². The Hall–Kier alpha value is -1.34. The molecule has 1 aromatic rings. The third kappa shape index (κ3) is 3.31. The molecule has 1 heterocycles. The van der Waals surface area contributed by atoms with Crippen molar-refractivity contribution in [1.29, 1.82) is 5.26 Å². The number of rotatable bonds is 3. The minimum Gasteiger partial charge on any atom is -0.397 e. The van der Waals surface area contributed by atoms with Crippen LogP contribution >= 0.6 is 11.8 Å². The molecule has 1 fully saturated rings. The van der Waals surface area contributed by atoms with Gasteiger partial charge >= 0.3 is 0 Å². The Morgan fingerprint density at radius 1 is 1.41 bits per heavy atom. The second-order valence-electron chi connectivity index (χ2n) is 4.35. The van der Waals surface area contributed by atoms with Gasteiger partial charge in [-0.05, 0) is 48.5 Å². The van der Waals surface area contributed by atoms with Gasteiger partial charge in [-0.2, -0.15) is 17.0 Å². The average molecular weight is 247 g/mol. The van der Waals surface area contributed by atoms with E-state index in [1.165, 1.54) is 24.3 Å². The smallest absolute Gasteiger partial charge is 0.0992 e. The van der Waals surface area contributed by atoms with Crippen molar-refractivity contribution in [1.82, 2.24) is 0 Å². The van der Waals surface area contributed by atoms with Crippen LogP contribution in [0.2, 0.25) is 0 Å². The van der Waals surface area contributed by atoms with Crippen LogP contribution in [0.4, 0.5) is 11.4 Å². The fraction of sp³-hybridized carbons (Fsp3) is 0.462. The van der Waals surface area contributed by atoms with Gasteiger partial charge < -0.3 is 11.1 Å². The zero-order valence-electron chi connectivity index (χ0n) is 9.78. The minimum atomic E-state index is 0.654. The molecule has 0 unspecified atom stereocenters. The predicted octanol–water partition coefficient (Wildman–Crippen LogP) is 2.70. The average Bonchev–Trinajstić information content (AvgIpc) is 2.39. The van der Waals surface area contributed by atoms with Crippen molar-refractivity contribution in [2.75, 3.05) is 29.1 Å². The Balaban J connectivity index is 1.95. The van der Waals surface area contributed by atoms with Crippen LogP contribution in [-0.4, -0.2) is 18.1 Å². The molecule has 0 spiro atoms. The Kier molecular flexibility index (Phi) is 4.16. The number of nitriles is 1. The van der Waals surface area contributed by atoms with Gasteiger partial charge in [-0.1, -0.05) is 0 Å². The lowest BCUT2D eigenvalue weighted by molar-refractivity contribution is 0.516. The lowest BCUT2D eigenvalue weighted by Gasteiger charge is -2.22. The van der Waals surface area contributed by atoms with Crippen molar-refractivity contribution in [3.05, 3.63) is 23.8 Å². The molecule has 4 heteroatoms. The van der Waals surface area contributed by atoms with Crippen LogP contribution in [0.3, 0.4) is 0 Å². The number of thioether (sulfide) groups is 1. The highest BCUT2D eigenvalue weighted by atomic mass is 32.2. The van der Waals surface area contributed by atoms with Crippen LogP contribution < -0.4 is 11.1 Å². The first-order valence-electron chi connectivity index (χ1n) is 5.91. The molecular formula is C13H17N3S. The molecule has 0 aliphatic carbocycles. The topological polar surface area (TPSA) is 61.8 Å². The minimum absolute atomic E-state index is 0.654. The summed E-state index contributed by atoms with van der Waals surface area (Å²) < 4.78 is 0. The molecule has 90 valence electrons. The largest absolute Gasteiger partial charge is 0.397 e. The van der Waals surface area contributed by atoms with Crippen molar-refractivity contribution in [3.8, 4) is 6.07 Å². The van der Waals surface area contributed by atoms with Crippen molar-refractivity contribution in [2.24, 2.45) is 5.92 Å². The van der Waals surface area contributed by atoms with Gasteiger partial charge in [-0.15, -0.1) is 0 Å². The molecule has 3 nitrogen and oxygen atoms in total. The van der Waals surface area contributed by atoms with Crippen LogP contribution in [0.25, 0.3) is 0 Å². The van der Waals surface area contributed by atoms with E-state index < -0.39 is 0 Å². The number of anilines is 2. The molecule has 2 rings (SSSR count). The normalized spacial score (nSPS) is 16.4. The van der Waals surface area contributed by atoms with Gasteiger partial charge in [0.25, 0.3) is 0 Å². The van der Waals surface area contributed by atoms with E-state index in [2.05, 4.69) is 11.4 Å². The highest BCUT2D eigenvalue weighted by molar-refractivity contribution is 7.99. The van der Waals surface area contributed by atoms with E-state index in [0.717, 1.165) is 18.2 Å². The number of benzene rings is 1. The first-order valence-corrected chi connectivity index (χ1v) is 7.06. The molecule has 0 aromatic heterocycles. The summed E-state index contributed by atoms with van der Waals surface area (Å²) in [7, 11) is 0. The third-order valence-corrected chi connectivity index (χ3v) is 4.15. The summed E-state index contributed by atoms with van der Waals surface area (Å²) in [5, 5.41) is 12.2. The Morgan fingerprint density at radius 3 is 2.88 bits per heavy atom. The summed E-state index contributed by atoms with van der Waals surface area (Å²) in [5.74, 6) is 3.27. The second-order valence-corrected chi connectivity index (χ2v) is 5.58. The maximum atomic E-state index is 8.85. The maximum absolute atomic E-state index is 8.85. The van der Waals surface area contributed by atoms with Crippen molar-refractivity contribution < 1.29 is 0 Å². The van der Waals surface area contributed by atoms with Crippen LogP contribution in [0, 0.1) is 17.2 Å². The van der Waals surface area contributed by atoms with E-state index in [9.17, 15) is 0 Å². The third-order valence-electron chi connectivity index (χ3n) is 3.10. The van der Waals surface area contributed by atoms with Gasteiger partial charge in [0.05, 0.1) is 23.0 Å². The number of nitrogens with zero attached hydrogens (tertiary/aromatic N) is 1. The second kappa shape index (κ2) is 5.83. The lowest BCUT2D eigenvalue weighted by Crippen LogP contribution is -2.19. The molecule has 1 aliphatic rings. The molecule has 0 atom stereocenters. The molecule has 3 N–H and O–H groups in total. The summed E-state index contributed by atoms with van der Waals surface area (Å²) in [6.07, 6.45) is 2.55. The summed E-state index contributed by atoms with van der Waals surface area (Å²) in [6, 6.07) is 7.50. The highest BCUT2D eigenvalue weighted by Gasteiger charge is 2.13. The zero-order chi connectivity index (χ0) is 12.1. The number of nitrogens with two attached hydrogens (primary N) is 1. The van der Waals surface area contributed by atoms with E-state index in [4.69, 9.17) is 11.0 Å². The molecule has 1 aliphatic heterocycles. The molecule has 0 radical (unpaired) electrons. The predicted molar refractivity (Wildman–Crippen MR) is 74.1 cm³/mol.